The summed E-state index contributed by atoms with van der Waals surface area (Å²) in [5.74, 6) is -0.0979. The predicted octanol–water partition coefficient (Wildman–Crippen LogP) is 4.38. The Labute approximate surface area is 179 Å². The second-order valence-corrected chi connectivity index (χ2v) is 9.60. The maximum atomic E-state index is 13.4. The Morgan fingerprint density at radius 1 is 1.23 bits per heavy atom. The van der Waals surface area contributed by atoms with Crippen LogP contribution in [0.1, 0.15) is 54.6 Å². The summed E-state index contributed by atoms with van der Waals surface area (Å²) in [6.07, 6.45) is 3.46. The molecule has 3 rings (SSSR count). The van der Waals surface area contributed by atoms with E-state index in [4.69, 9.17) is 4.74 Å². The number of carbonyl (C=O) groups is 1. The standard InChI is InChI=1S/C23H30N2O4S/c1-5-18-11-8-9-16(2)22(18)24-23(26)19-12-13-20(29-4)21(15-19)30(27,28)25-14-7-6-10-17(25)3/h8-9,11-13,15,17H,5-7,10,14H2,1-4H3,(H,24,26)/t17-/m1/s1. The van der Waals surface area contributed by atoms with E-state index in [0.717, 1.165) is 42.5 Å². The van der Waals surface area contributed by atoms with E-state index in [1.165, 1.54) is 17.5 Å². The summed E-state index contributed by atoms with van der Waals surface area (Å²) in [5.41, 5.74) is 3.05. The summed E-state index contributed by atoms with van der Waals surface area (Å²) in [6, 6.07) is 10.4. The lowest BCUT2D eigenvalue weighted by molar-refractivity contribution is 0.102. The van der Waals surface area contributed by atoms with Gasteiger partial charge in [0.05, 0.1) is 7.11 Å². The maximum Gasteiger partial charge on any atom is 0.255 e. The second kappa shape index (κ2) is 9.18. The third-order valence-electron chi connectivity index (χ3n) is 5.73. The summed E-state index contributed by atoms with van der Waals surface area (Å²) in [7, 11) is -2.34. The van der Waals surface area contributed by atoms with Gasteiger partial charge in [0.25, 0.3) is 5.91 Å². The Balaban J connectivity index is 1.98. The largest absolute Gasteiger partial charge is 0.495 e. The van der Waals surface area contributed by atoms with E-state index in [1.807, 2.05) is 39.0 Å². The third kappa shape index (κ3) is 4.37. The number of methoxy groups -OCH3 is 1. The van der Waals surface area contributed by atoms with Crippen LogP contribution in [-0.4, -0.2) is 38.3 Å². The Kier molecular flexibility index (Phi) is 6.83. The third-order valence-corrected chi connectivity index (χ3v) is 7.77. The summed E-state index contributed by atoms with van der Waals surface area (Å²) in [5, 5.41) is 2.96. The molecule has 1 aliphatic heterocycles. The first-order valence-corrected chi connectivity index (χ1v) is 11.8. The first-order valence-electron chi connectivity index (χ1n) is 10.4. The minimum absolute atomic E-state index is 0.0342. The van der Waals surface area contributed by atoms with Gasteiger partial charge in [-0.05, 0) is 62.4 Å². The van der Waals surface area contributed by atoms with Crippen molar-refractivity contribution in [2.24, 2.45) is 0 Å². The van der Waals surface area contributed by atoms with E-state index in [2.05, 4.69) is 5.32 Å². The highest BCUT2D eigenvalue weighted by Gasteiger charge is 2.33. The Hall–Kier alpha value is -2.38. The lowest BCUT2D eigenvalue weighted by Crippen LogP contribution is -2.42. The van der Waals surface area contributed by atoms with E-state index in [1.54, 1.807) is 12.1 Å². The van der Waals surface area contributed by atoms with Gasteiger partial charge in [0.2, 0.25) is 10.0 Å². The van der Waals surface area contributed by atoms with Crippen molar-refractivity contribution in [1.82, 2.24) is 4.31 Å². The molecule has 162 valence electrons. The zero-order valence-electron chi connectivity index (χ0n) is 18.1. The van der Waals surface area contributed by atoms with Crippen molar-refractivity contribution in [3.63, 3.8) is 0 Å². The molecule has 0 aromatic heterocycles. The molecule has 7 heteroatoms. The number of rotatable bonds is 6. The fourth-order valence-electron chi connectivity index (χ4n) is 3.96. The topological polar surface area (TPSA) is 75.7 Å². The number of piperidine rings is 1. The number of para-hydroxylation sites is 1. The quantitative estimate of drug-likeness (QED) is 0.738. The summed E-state index contributed by atoms with van der Waals surface area (Å²) in [6.45, 7) is 6.37. The molecule has 0 radical (unpaired) electrons. The van der Waals surface area contributed by atoms with Gasteiger partial charge < -0.3 is 10.1 Å². The highest BCUT2D eigenvalue weighted by Crippen LogP contribution is 2.32. The minimum atomic E-state index is -3.78. The molecule has 1 saturated heterocycles. The number of hydrogen-bond donors (Lipinski definition) is 1. The average molecular weight is 431 g/mol. The van der Waals surface area contributed by atoms with E-state index < -0.39 is 10.0 Å². The van der Waals surface area contributed by atoms with Crippen molar-refractivity contribution in [3.05, 3.63) is 53.1 Å². The molecule has 0 saturated carbocycles. The average Bonchev–Trinajstić information content (AvgIpc) is 2.74. The molecule has 2 aromatic carbocycles. The Morgan fingerprint density at radius 3 is 2.67 bits per heavy atom. The molecular formula is C23H30N2O4S. The van der Waals surface area contributed by atoms with Crippen LogP contribution in [0.25, 0.3) is 0 Å². The van der Waals surface area contributed by atoms with E-state index in [0.29, 0.717) is 6.54 Å². The van der Waals surface area contributed by atoms with Gasteiger partial charge in [-0.1, -0.05) is 31.5 Å². The molecule has 1 fully saturated rings. The molecule has 6 nitrogen and oxygen atoms in total. The summed E-state index contributed by atoms with van der Waals surface area (Å²) in [4.78, 5) is 13.0. The van der Waals surface area contributed by atoms with Crippen molar-refractivity contribution in [2.75, 3.05) is 19.0 Å². The number of carbonyl (C=O) groups excluding carboxylic acids is 1. The number of sulfonamides is 1. The van der Waals surface area contributed by atoms with Crippen LogP contribution < -0.4 is 10.1 Å². The second-order valence-electron chi connectivity index (χ2n) is 7.74. The lowest BCUT2D eigenvalue weighted by atomic mass is 10.1. The van der Waals surface area contributed by atoms with Gasteiger partial charge >= 0.3 is 0 Å². The van der Waals surface area contributed by atoms with E-state index >= 15 is 0 Å². The van der Waals surface area contributed by atoms with Gasteiger partial charge in [0.1, 0.15) is 10.6 Å². The molecule has 0 aliphatic carbocycles. The van der Waals surface area contributed by atoms with Gasteiger partial charge in [-0.15, -0.1) is 0 Å². The molecule has 0 unspecified atom stereocenters. The first kappa shape index (κ1) is 22.3. The van der Waals surface area contributed by atoms with Crippen LogP contribution in [0.4, 0.5) is 5.69 Å². The molecule has 2 aromatic rings. The monoisotopic (exact) mass is 430 g/mol. The molecule has 30 heavy (non-hydrogen) atoms. The van der Waals surface area contributed by atoms with E-state index in [-0.39, 0.29) is 28.2 Å². The molecule has 1 atom stereocenters. The number of amides is 1. The number of hydrogen-bond acceptors (Lipinski definition) is 4. The van der Waals surface area contributed by atoms with Crippen molar-refractivity contribution >= 4 is 21.6 Å². The molecular weight excluding hydrogens is 400 g/mol. The number of benzene rings is 2. The van der Waals surface area contributed by atoms with Gasteiger partial charge in [0, 0.05) is 23.8 Å². The Morgan fingerprint density at radius 2 is 2.00 bits per heavy atom. The highest BCUT2D eigenvalue weighted by atomic mass is 32.2. The smallest absolute Gasteiger partial charge is 0.255 e. The molecule has 1 N–H and O–H groups in total. The number of nitrogens with one attached hydrogen (secondary N) is 1. The van der Waals surface area contributed by atoms with Crippen molar-refractivity contribution < 1.29 is 17.9 Å². The van der Waals surface area contributed by atoms with Crippen LogP contribution >= 0.6 is 0 Å². The van der Waals surface area contributed by atoms with Crippen LogP contribution in [0.2, 0.25) is 0 Å². The molecule has 0 spiro atoms. The minimum Gasteiger partial charge on any atom is -0.495 e. The SMILES string of the molecule is CCc1cccc(C)c1NC(=O)c1ccc(OC)c(S(=O)(=O)N2CCCC[C@H]2C)c1. The number of aryl methyl sites for hydroxylation is 2. The first-order chi connectivity index (χ1) is 14.3. The van der Waals surface area contributed by atoms with Crippen molar-refractivity contribution in [3.8, 4) is 5.75 Å². The number of nitrogens with zero attached hydrogens (tertiary/aromatic N) is 1. The van der Waals surface area contributed by atoms with Gasteiger partial charge in [-0.25, -0.2) is 8.42 Å². The zero-order valence-corrected chi connectivity index (χ0v) is 18.9. The maximum absolute atomic E-state index is 13.4. The van der Waals surface area contributed by atoms with Crippen molar-refractivity contribution in [2.45, 2.75) is 57.4 Å². The molecule has 1 aliphatic rings. The van der Waals surface area contributed by atoms with Crippen LogP contribution in [0.15, 0.2) is 41.3 Å². The van der Waals surface area contributed by atoms with Crippen molar-refractivity contribution in [1.29, 1.82) is 0 Å². The predicted molar refractivity (Wildman–Crippen MR) is 119 cm³/mol. The van der Waals surface area contributed by atoms with Crippen LogP contribution in [0.5, 0.6) is 5.75 Å². The molecule has 1 amide bonds. The van der Waals surface area contributed by atoms with Gasteiger partial charge in [0.15, 0.2) is 0 Å². The van der Waals surface area contributed by atoms with Crippen LogP contribution in [0.3, 0.4) is 0 Å². The summed E-state index contributed by atoms with van der Waals surface area (Å²) >= 11 is 0. The van der Waals surface area contributed by atoms with Gasteiger partial charge in [-0.3, -0.25) is 4.79 Å². The van der Waals surface area contributed by atoms with Crippen LogP contribution in [0, 0.1) is 6.92 Å². The highest BCUT2D eigenvalue weighted by molar-refractivity contribution is 7.89. The zero-order chi connectivity index (χ0) is 21.9. The molecule has 0 bridgehead atoms. The fraction of sp³-hybridized carbons (Fsp3) is 0.435. The van der Waals surface area contributed by atoms with E-state index in [9.17, 15) is 13.2 Å². The number of ether oxygens (including phenoxy) is 1. The Bertz CT molecular complexity index is 1030. The number of anilines is 1. The normalized spacial score (nSPS) is 17.5. The van der Waals surface area contributed by atoms with Crippen LogP contribution in [-0.2, 0) is 16.4 Å². The fourth-order valence-corrected chi connectivity index (χ4v) is 5.85. The summed E-state index contributed by atoms with van der Waals surface area (Å²) < 4.78 is 33.6. The molecule has 1 heterocycles. The lowest BCUT2D eigenvalue weighted by Gasteiger charge is -2.32. The van der Waals surface area contributed by atoms with Gasteiger partial charge in [-0.2, -0.15) is 4.31 Å².